The predicted molar refractivity (Wildman–Crippen MR) is 58.2 cm³/mol. The summed E-state index contributed by atoms with van der Waals surface area (Å²) >= 11 is 0. The molecule has 0 bridgehead atoms. The molecule has 0 aliphatic rings. The molecule has 0 aromatic rings. The Morgan fingerprint density at radius 2 is 1.87 bits per heavy atom. The van der Waals surface area contributed by atoms with Crippen LogP contribution < -0.4 is 11.1 Å². The lowest BCUT2D eigenvalue weighted by Crippen LogP contribution is -2.58. The molecule has 3 N–H and O–H groups in total. The van der Waals surface area contributed by atoms with Crippen LogP contribution in [0.2, 0.25) is 0 Å². The molecule has 0 heterocycles. The second kappa shape index (κ2) is 6.05. The topological polar surface area (TPSA) is 73.6 Å². The van der Waals surface area contributed by atoms with Gasteiger partial charge in [0.2, 0.25) is 5.91 Å². The van der Waals surface area contributed by atoms with Crippen LogP contribution in [0.1, 0.15) is 20.8 Å². The van der Waals surface area contributed by atoms with E-state index in [9.17, 15) is 4.79 Å². The molecular weight excluding hydrogens is 196 g/mol. The van der Waals surface area contributed by atoms with Gasteiger partial charge in [-0.1, -0.05) is 13.8 Å². The molecule has 0 spiro atoms. The number of hydrogen-bond donors (Lipinski definition) is 2. The van der Waals surface area contributed by atoms with E-state index in [1.807, 2.05) is 13.8 Å². The molecular formula is C10H22N2O3. The molecule has 90 valence electrons. The van der Waals surface area contributed by atoms with Gasteiger partial charge in [0.1, 0.15) is 0 Å². The fourth-order valence-electron chi connectivity index (χ4n) is 1.13. The molecule has 1 atom stereocenters. The Kier molecular flexibility index (Phi) is 5.79. The summed E-state index contributed by atoms with van der Waals surface area (Å²) in [5, 5.41) is 3.07. The van der Waals surface area contributed by atoms with Crippen LogP contribution in [0.5, 0.6) is 0 Å². The Labute approximate surface area is 91.3 Å². The highest BCUT2D eigenvalue weighted by molar-refractivity contribution is 5.84. The summed E-state index contributed by atoms with van der Waals surface area (Å²) in [7, 11) is 3.10. The summed E-state index contributed by atoms with van der Waals surface area (Å²) in [6.45, 7) is 6.08. The lowest BCUT2D eigenvalue weighted by Gasteiger charge is -2.32. The molecule has 5 nitrogen and oxygen atoms in total. The number of ether oxygens (including phenoxy) is 2. The second-order valence-electron chi connectivity index (χ2n) is 4.00. The van der Waals surface area contributed by atoms with Gasteiger partial charge in [-0.05, 0) is 12.8 Å². The Balaban J connectivity index is 4.37. The maximum Gasteiger partial charge on any atom is 0.237 e. The van der Waals surface area contributed by atoms with Crippen LogP contribution in [0.25, 0.3) is 0 Å². The van der Waals surface area contributed by atoms with Crippen LogP contribution in [0.4, 0.5) is 0 Å². The van der Waals surface area contributed by atoms with Crippen molar-refractivity contribution in [2.45, 2.75) is 32.6 Å². The van der Waals surface area contributed by atoms with E-state index in [2.05, 4.69) is 5.32 Å². The SMILES string of the molecule is COC(CN[C@](C)(C(N)=O)C(C)C)OC. The first kappa shape index (κ1) is 14.3. The molecule has 0 saturated heterocycles. The van der Waals surface area contributed by atoms with Crippen LogP contribution in [0, 0.1) is 5.92 Å². The van der Waals surface area contributed by atoms with Gasteiger partial charge in [0, 0.05) is 20.8 Å². The normalized spacial score (nSPS) is 15.7. The Hall–Kier alpha value is -0.650. The van der Waals surface area contributed by atoms with Crippen molar-refractivity contribution in [3.8, 4) is 0 Å². The Morgan fingerprint density at radius 3 is 2.13 bits per heavy atom. The van der Waals surface area contributed by atoms with Gasteiger partial charge >= 0.3 is 0 Å². The molecule has 0 aromatic carbocycles. The van der Waals surface area contributed by atoms with Gasteiger partial charge in [-0.25, -0.2) is 0 Å². The lowest BCUT2D eigenvalue weighted by molar-refractivity contribution is -0.128. The second-order valence-corrected chi connectivity index (χ2v) is 4.00. The van der Waals surface area contributed by atoms with E-state index in [-0.39, 0.29) is 18.1 Å². The number of nitrogens with two attached hydrogens (primary N) is 1. The molecule has 15 heavy (non-hydrogen) atoms. The molecule has 0 unspecified atom stereocenters. The van der Waals surface area contributed by atoms with E-state index in [1.165, 1.54) is 0 Å². The smallest absolute Gasteiger partial charge is 0.237 e. The van der Waals surface area contributed by atoms with Crippen molar-refractivity contribution in [1.29, 1.82) is 0 Å². The average molecular weight is 218 g/mol. The van der Waals surface area contributed by atoms with Crippen molar-refractivity contribution >= 4 is 5.91 Å². The Bertz CT molecular complexity index is 205. The minimum absolute atomic E-state index is 0.101. The van der Waals surface area contributed by atoms with E-state index in [1.54, 1.807) is 21.1 Å². The number of primary amides is 1. The summed E-state index contributed by atoms with van der Waals surface area (Å²) in [6, 6.07) is 0. The first-order chi connectivity index (χ1) is 6.88. The third kappa shape index (κ3) is 3.77. The van der Waals surface area contributed by atoms with Crippen molar-refractivity contribution in [2.24, 2.45) is 11.7 Å². The quantitative estimate of drug-likeness (QED) is 0.594. The monoisotopic (exact) mass is 218 g/mol. The van der Waals surface area contributed by atoms with E-state index >= 15 is 0 Å². The number of carbonyl (C=O) groups excluding carboxylic acids is 1. The summed E-state index contributed by atoms with van der Waals surface area (Å²) in [5.74, 6) is -0.271. The molecule has 0 radical (unpaired) electrons. The molecule has 0 aliphatic heterocycles. The van der Waals surface area contributed by atoms with Crippen molar-refractivity contribution in [3.05, 3.63) is 0 Å². The number of carbonyl (C=O) groups is 1. The third-order valence-electron chi connectivity index (χ3n) is 2.83. The molecule has 0 saturated carbocycles. The van der Waals surface area contributed by atoms with Crippen molar-refractivity contribution in [3.63, 3.8) is 0 Å². The summed E-state index contributed by atoms with van der Waals surface area (Å²) < 4.78 is 10.0. The van der Waals surface area contributed by atoms with Crippen LogP contribution >= 0.6 is 0 Å². The van der Waals surface area contributed by atoms with Crippen LogP contribution in [-0.4, -0.2) is 38.5 Å². The van der Waals surface area contributed by atoms with Crippen LogP contribution in [0.15, 0.2) is 0 Å². The highest BCUT2D eigenvalue weighted by Crippen LogP contribution is 2.15. The number of nitrogens with one attached hydrogen (secondary N) is 1. The van der Waals surface area contributed by atoms with E-state index in [4.69, 9.17) is 15.2 Å². The maximum absolute atomic E-state index is 11.3. The van der Waals surface area contributed by atoms with Crippen molar-refractivity contribution in [1.82, 2.24) is 5.32 Å². The zero-order chi connectivity index (χ0) is 12.1. The van der Waals surface area contributed by atoms with Gasteiger partial charge in [-0.15, -0.1) is 0 Å². The highest BCUT2D eigenvalue weighted by atomic mass is 16.7. The summed E-state index contributed by atoms with van der Waals surface area (Å²) in [4.78, 5) is 11.3. The van der Waals surface area contributed by atoms with Gasteiger partial charge in [0.25, 0.3) is 0 Å². The van der Waals surface area contributed by atoms with Crippen LogP contribution in [-0.2, 0) is 14.3 Å². The minimum Gasteiger partial charge on any atom is -0.368 e. The van der Waals surface area contributed by atoms with Gasteiger partial charge in [-0.3, -0.25) is 10.1 Å². The van der Waals surface area contributed by atoms with Crippen molar-refractivity contribution < 1.29 is 14.3 Å². The largest absolute Gasteiger partial charge is 0.368 e. The van der Waals surface area contributed by atoms with E-state index < -0.39 is 5.54 Å². The fourth-order valence-corrected chi connectivity index (χ4v) is 1.13. The molecule has 1 amide bonds. The molecule has 0 fully saturated rings. The maximum atomic E-state index is 11.3. The minimum atomic E-state index is -0.741. The number of methoxy groups -OCH3 is 2. The number of amides is 1. The lowest BCUT2D eigenvalue weighted by atomic mass is 9.87. The number of rotatable bonds is 7. The third-order valence-corrected chi connectivity index (χ3v) is 2.83. The first-order valence-corrected chi connectivity index (χ1v) is 4.99. The van der Waals surface area contributed by atoms with E-state index in [0.717, 1.165) is 0 Å². The van der Waals surface area contributed by atoms with Gasteiger partial charge in [0.05, 0.1) is 5.54 Å². The fraction of sp³-hybridized carbons (Fsp3) is 0.900. The van der Waals surface area contributed by atoms with Crippen LogP contribution in [0.3, 0.4) is 0 Å². The van der Waals surface area contributed by atoms with Gasteiger partial charge in [-0.2, -0.15) is 0 Å². The Morgan fingerprint density at radius 1 is 1.40 bits per heavy atom. The molecule has 0 rings (SSSR count). The predicted octanol–water partition coefficient (Wildman–Crippen LogP) is 0.0949. The molecule has 0 aliphatic carbocycles. The average Bonchev–Trinajstić information content (AvgIpc) is 2.18. The first-order valence-electron chi connectivity index (χ1n) is 4.99. The molecule has 5 heteroatoms. The number of hydrogen-bond acceptors (Lipinski definition) is 4. The zero-order valence-electron chi connectivity index (χ0n) is 10.2. The van der Waals surface area contributed by atoms with Gasteiger partial charge < -0.3 is 15.2 Å². The standard InChI is InChI=1S/C10H22N2O3/c1-7(2)10(3,9(11)13)12-6-8(14-4)15-5/h7-8,12H,6H2,1-5H3,(H2,11,13)/t10-/m0/s1. The highest BCUT2D eigenvalue weighted by Gasteiger charge is 2.34. The van der Waals surface area contributed by atoms with Gasteiger partial charge in [0.15, 0.2) is 6.29 Å². The van der Waals surface area contributed by atoms with Crippen molar-refractivity contribution in [2.75, 3.05) is 20.8 Å². The molecule has 0 aromatic heterocycles. The summed E-state index contributed by atoms with van der Waals surface area (Å²) in [5.41, 5.74) is 4.62. The van der Waals surface area contributed by atoms with E-state index in [0.29, 0.717) is 6.54 Å². The zero-order valence-corrected chi connectivity index (χ0v) is 10.2. The summed E-state index contributed by atoms with van der Waals surface area (Å²) in [6.07, 6.45) is -0.373.